The minimum atomic E-state index is -1.29. The zero-order valence-corrected chi connectivity index (χ0v) is 39.8. The van der Waals surface area contributed by atoms with E-state index in [2.05, 4.69) is 25.8 Å². The molecule has 348 valence electrons. The second-order valence-corrected chi connectivity index (χ2v) is 20.2. The summed E-state index contributed by atoms with van der Waals surface area (Å²) in [6, 6.07) is 12.4. The molecule has 6 aromatic rings. The number of carboxylic acid groups (broad SMARTS) is 1. The first kappa shape index (κ1) is 47.0. The molecule has 0 spiro atoms. The maximum Gasteiger partial charge on any atom is 0.306 e. The number of aromatic nitrogens is 4. The van der Waals surface area contributed by atoms with Gasteiger partial charge in [-0.2, -0.15) is 0 Å². The number of aliphatic carboxylic acids is 1. The third kappa shape index (κ3) is 9.04. The molecule has 1 saturated heterocycles. The van der Waals surface area contributed by atoms with E-state index >= 15 is 8.78 Å². The fraction of sp³-hybridized carbons (Fsp3) is 0.347. The summed E-state index contributed by atoms with van der Waals surface area (Å²) in [5, 5.41) is 35.5. The standard InChI is InChI=1S/C49H50F2N8O6S2/c1-23-26(4)67-48-38(23)41(54-35(20-37(61)62)44-57-56-27(5)59(44)48)30-13-11-29(12-14-30)39-34(50)18-17-33(40(39)51)45(63)55-43(49(6,7)8)47(65)58-21-32(60)19-36(58)46(64)53-24(2)28-9-15-31(16-10-28)42-25(3)52-22-66-42/h9-18,22,24,32,35-36,43,60H,19-21H2,1-8H3,(H,53,64)(H,55,63)(H,61,62)/t24-,32+,35-,36-,43+/m0/s1. The molecule has 67 heavy (non-hydrogen) atoms. The first-order chi connectivity index (χ1) is 31.7. The Morgan fingerprint density at radius 3 is 2.21 bits per heavy atom. The van der Waals surface area contributed by atoms with Gasteiger partial charge < -0.3 is 25.7 Å². The van der Waals surface area contributed by atoms with Crippen molar-refractivity contribution in [2.75, 3.05) is 6.54 Å². The number of hydrogen-bond donors (Lipinski definition) is 4. The molecule has 3 amide bonds. The number of fused-ring (bicyclic) bond motifs is 3. The van der Waals surface area contributed by atoms with E-state index in [0.717, 1.165) is 54.8 Å². The summed E-state index contributed by atoms with van der Waals surface area (Å²) in [5.74, 6) is -4.31. The van der Waals surface area contributed by atoms with Gasteiger partial charge in [0.05, 0.1) is 51.5 Å². The van der Waals surface area contributed by atoms with Crippen LogP contribution in [-0.4, -0.2) is 89.0 Å². The highest BCUT2D eigenvalue weighted by molar-refractivity contribution is 7.15. The lowest BCUT2D eigenvalue weighted by Gasteiger charge is -2.35. The SMILES string of the molecule is Cc1ncsc1-c1ccc([C@H](C)NC(=O)[C@@H]2C[C@@H](O)CN2C(=O)[C@@H](NC(=O)c2ccc(F)c(-c3ccc(C4=N[C@@H](CC(=O)O)c5nnc(C)n5-c5sc(C)c(C)c54)cc3)c2F)C(C)(C)C)cc1. The first-order valence-corrected chi connectivity index (χ1v) is 23.4. The van der Waals surface area contributed by atoms with Gasteiger partial charge in [0.15, 0.2) is 5.82 Å². The van der Waals surface area contributed by atoms with Crippen molar-refractivity contribution in [3.8, 4) is 26.6 Å². The van der Waals surface area contributed by atoms with Gasteiger partial charge in [0.25, 0.3) is 5.91 Å². The number of carbonyl (C=O) groups excluding carboxylic acids is 3. The lowest BCUT2D eigenvalue weighted by Crippen LogP contribution is -2.58. The van der Waals surface area contributed by atoms with Gasteiger partial charge in [0, 0.05) is 29.0 Å². The molecule has 2 aliphatic heterocycles. The van der Waals surface area contributed by atoms with Crippen LogP contribution in [0.4, 0.5) is 8.78 Å². The molecule has 3 aromatic carbocycles. The van der Waals surface area contributed by atoms with Crippen molar-refractivity contribution < 1.29 is 38.2 Å². The summed E-state index contributed by atoms with van der Waals surface area (Å²) in [6.45, 7) is 14.4. The van der Waals surface area contributed by atoms with Crippen molar-refractivity contribution in [2.45, 2.75) is 98.5 Å². The Morgan fingerprint density at radius 2 is 1.57 bits per heavy atom. The summed E-state index contributed by atoms with van der Waals surface area (Å²) < 4.78 is 34.2. The van der Waals surface area contributed by atoms with Crippen LogP contribution >= 0.6 is 22.7 Å². The van der Waals surface area contributed by atoms with Crippen LogP contribution in [-0.2, 0) is 14.4 Å². The smallest absolute Gasteiger partial charge is 0.306 e. The van der Waals surface area contributed by atoms with Crippen molar-refractivity contribution in [3.63, 3.8) is 0 Å². The van der Waals surface area contributed by atoms with Crippen LogP contribution in [0.5, 0.6) is 0 Å². The number of amides is 3. The highest BCUT2D eigenvalue weighted by Crippen LogP contribution is 2.40. The van der Waals surface area contributed by atoms with E-state index < -0.39 is 82.1 Å². The van der Waals surface area contributed by atoms with Crippen LogP contribution in [0.25, 0.3) is 26.6 Å². The lowest BCUT2D eigenvalue weighted by molar-refractivity contribution is -0.142. The quantitative estimate of drug-likeness (QED) is 0.0997. The van der Waals surface area contributed by atoms with Crippen molar-refractivity contribution in [2.24, 2.45) is 10.4 Å². The van der Waals surface area contributed by atoms with Crippen LogP contribution in [0.3, 0.4) is 0 Å². The highest BCUT2D eigenvalue weighted by atomic mass is 32.1. The van der Waals surface area contributed by atoms with E-state index in [9.17, 15) is 29.4 Å². The van der Waals surface area contributed by atoms with Crippen molar-refractivity contribution >= 4 is 52.1 Å². The molecule has 5 heterocycles. The second-order valence-electron chi connectivity index (χ2n) is 18.1. The van der Waals surface area contributed by atoms with Gasteiger partial charge in [-0.3, -0.25) is 28.7 Å². The molecule has 0 aliphatic carbocycles. The van der Waals surface area contributed by atoms with Gasteiger partial charge in [-0.05, 0) is 74.4 Å². The largest absolute Gasteiger partial charge is 0.481 e. The number of nitrogens with zero attached hydrogens (tertiary/aromatic N) is 6. The zero-order valence-electron chi connectivity index (χ0n) is 38.1. The number of β-amino-alcohol motifs (C(OH)–C–C–N with tert-alkyl or cyclic N) is 1. The molecular weight excluding hydrogens is 899 g/mol. The number of aliphatic hydroxyl groups excluding tert-OH is 1. The van der Waals surface area contributed by atoms with Crippen LogP contribution in [0, 0.1) is 44.7 Å². The Balaban J connectivity index is 1.03. The van der Waals surface area contributed by atoms with E-state index in [-0.39, 0.29) is 24.9 Å². The number of benzene rings is 3. The molecule has 0 unspecified atom stereocenters. The predicted molar refractivity (Wildman–Crippen MR) is 252 cm³/mol. The fourth-order valence-electron chi connectivity index (χ4n) is 8.70. The topological polar surface area (TPSA) is 192 Å². The van der Waals surface area contributed by atoms with Gasteiger partial charge in [-0.15, -0.1) is 32.9 Å². The molecular formula is C49H50F2N8O6S2. The molecule has 0 bridgehead atoms. The number of aliphatic imine (C=N–C) groups is 1. The average Bonchev–Trinajstić information content (AvgIpc) is 4.04. The number of carboxylic acids is 1. The average molecular weight is 949 g/mol. The molecule has 0 radical (unpaired) electrons. The summed E-state index contributed by atoms with van der Waals surface area (Å²) in [5.41, 5.74) is 5.44. The molecule has 8 rings (SSSR count). The first-order valence-electron chi connectivity index (χ1n) is 21.7. The third-order valence-corrected chi connectivity index (χ3v) is 14.6. The van der Waals surface area contributed by atoms with E-state index in [1.54, 1.807) is 45.3 Å². The Hall–Kier alpha value is -6.50. The van der Waals surface area contributed by atoms with Crippen LogP contribution in [0.2, 0.25) is 0 Å². The third-order valence-electron chi connectivity index (χ3n) is 12.4. The Labute approximate surface area is 393 Å². The number of thiophene rings is 1. The normalized spacial score (nSPS) is 17.8. The van der Waals surface area contributed by atoms with Gasteiger partial charge in [0.1, 0.15) is 40.6 Å². The second kappa shape index (κ2) is 18.3. The molecule has 14 nitrogen and oxygen atoms in total. The number of nitrogens with one attached hydrogen (secondary N) is 2. The number of likely N-dealkylation sites (tertiary alicyclic amines) is 1. The summed E-state index contributed by atoms with van der Waals surface area (Å²) in [6.07, 6.45) is -1.39. The van der Waals surface area contributed by atoms with Gasteiger partial charge >= 0.3 is 5.97 Å². The summed E-state index contributed by atoms with van der Waals surface area (Å²) in [4.78, 5) is 66.8. The molecule has 4 N–H and O–H groups in total. The predicted octanol–water partition coefficient (Wildman–Crippen LogP) is 7.98. The minimum Gasteiger partial charge on any atom is -0.481 e. The van der Waals surface area contributed by atoms with E-state index in [1.807, 2.05) is 56.5 Å². The molecule has 2 aliphatic rings. The molecule has 5 atom stereocenters. The molecule has 18 heteroatoms. The summed E-state index contributed by atoms with van der Waals surface area (Å²) in [7, 11) is 0. The number of hydrogen-bond acceptors (Lipinski definition) is 11. The zero-order chi connectivity index (χ0) is 48.2. The van der Waals surface area contributed by atoms with Crippen LogP contribution in [0.1, 0.15) is 107 Å². The van der Waals surface area contributed by atoms with Crippen LogP contribution < -0.4 is 10.6 Å². The van der Waals surface area contributed by atoms with Crippen LogP contribution in [0.15, 0.2) is 71.2 Å². The van der Waals surface area contributed by atoms with E-state index in [1.165, 1.54) is 39.7 Å². The monoisotopic (exact) mass is 948 g/mol. The number of halogens is 2. The van der Waals surface area contributed by atoms with Gasteiger partial charge in [-0.25, -0.2) is 13.8 Å². The van der Waals surface area contributed by atoms with E-state index in [0.29, 0.717) is 22.9 Å². The molecule has 3 aromatic heterocycles. The number of rotatable bonds is 11. The summed E-state index contributed by atoms with van der Waals surface area (Å²) >= 11 is 3.04. The number of aryl methyl sites for hydroxylation is 3. The van der Waals surface area contributed by atoms with Gasteiger partial charge in [0.2, 0.25) is 11.8 Å². The number of aliphatic hydroxyl groups is 1. The number of carbonyl (C=O) groups is 4. The maximum atomic E-state index is 16.6. The fourth-order valence-corrected chi connectivity index (χ4v) is 10.7. The van der Waals surface area contributed by atoms with Gasteiger partial charge in [-0.1, -0.05) is 69.3 Å². The molecule has 0 saturated carbocycles. The lowest BCUT2D eigenvalue weighted by atomic mass is 9.85. The maximum absolute atomic E-state index is 16.6. The Kier molecular flexibility index (Phi) is 12.8. The van der Waals surface area contributed by atoms with Crippen molar-refractivity contribution in [1.29, 1.82) is 0 Å². The molecule has 1 fully saturated rings. The number of thiazole rings is 1. The minimum absolute atomic E-state index is 0.0282. The highest BCUT2D eigenvalue weighted by Gasteiger charge is 2.45. The van der Waals surface area contributed by atoms with Crippen molar-refractivity contribution in [3.05, 3.63) is 128 Å². The Bertz CT molecular complexity index is 2960. The van der Waals surface area contributed by atoms with Crippen molar-refractivity contribution in [1.82, 2.24) is 35.3 Å². The Morgan fingerprint density at radius 1 is 0.896 bits per heavy atom. The van der Waals surface area contributed by atoms with E-state index in [4.69, 9.17) is 4.99 Å².